The lowest BCUT2D eigenvalue weighted by Gasteiger charge is -2.25. The largest absolute Gasteiger partial charge is 0.357 e. The molecule has 3 heterocycles. The minimum absolute atomic E-state index is 0.121. The molecule has 2 aromatic rings. The molecular formula is C19H27N5O. The lowest BCUT2D eigenvalue weighted by atomic mass is 10.1. The molecule has 0 aromatic carbocycles. The number of rotatable bonds is 4. The van der Waals surface area contributed by atoms with Crippen LogP contribution in [0.1, 0.15) is 66.8 Å². The highest BCUT2D eigenvalue weighted by molar-refractivity contribution is 5.92. The number of carbonyl (C=O) groups excluding carboxylic acids is 1. The van der Waals surface area contributed by atoms with Crippen LogP contribution in [0.25, 0.3) is 0 Å². The summed E-state index contributed by atoms with van der Waals surface area (Å²) in [5.74, 6) is 0.691. The third kappa shape index (κ3) is 4.38. The first-order valence-electron chi connectivity index (χ1n) is 9.18. The van der Waals surface area contributed by atoms with Gasteiger partial charge in [-0.05, 0) is 38.8 Å². The van der Waals surface area contributed by atoms with Gasteiger partial charge in [0.2, 0.25) is 5.95 Å². The first kappa shape index (κ1) is 17.5. The van der Waals surface area contributed by atoms with Crippen LogP contribution in [0.5, 0.6) is 0 Å². The van der Waals surface area contributed by atoms with Crippen molar-refractivity contribution in [1.82, 2.24) is 20.3 Å². The second kappa shape index (κ2) is 8.14. The number of aromatic amines is 1. The third-order valence-corrected chi connectivity index (χ3v) is 4.80. The van der Waals surface area contributed by atoms with Gasteiger partial charge in [-0.1, -0.05) is 19.3 Å². The molecule has 1 fully saturated rings. The van der Waals surface area contributed by atoms with E-state index in [9.17, 15) is 4.79 Å². The van der Waals surface area contributed by atoms with Crippen molar-refractivity contribution in [3.05, 3.63) is 41.5 Å². The molecule has 1 aliphatic heterocycles. The molecule has 1 saturated heterocycles. The number of hydrogen-bond acceptors (Lipinski definition) is 4. The highest BCUT2D eigenvalue weighted by atomic mass is 16.1. The van der Waals surface area contributed by atoms with Gasteiger partial charge in [0, 0.05) is 36.7 Å². The standard InChI is InChI=1S/C19H27N5O/c1-14(22-18(25)17-9-8-10-20-17)16-13-21-19(23-15(16)2)24-11-6-4-3-5-7-12-24/h8-10,13-14,20H,3-7,11-12H2,1-2H3,(H,22,25)/t14-/m1/s1. The summed E-state index contributed by atoms with van der Waals surface area (Å²) in [6, 6.07) is 3.43. The van der Waals surface area contributed by atoms with E-state index in [1.807, 2.05) is 26.1 Å². The van der Waals surface area contributed by atoms with E-state index in [0.29, 0.717) is 5.69 Å². The molecule has 6 nitrogen and oxygen atoms in total. The van der Waals surface area contributed by atoms with E-state index in [1.165, 1.54) is 32.1 Å². The Bertz CT molecular complexity index is 690. The summed E-state index contributed by atoms with van der Waals surface area (Å²) in [5.41, 5.74) is 2.43. The summed E-state index contributed by atoms with van der Waals surface area (Å²) in [5, 5.41) is 2.99. The average Bonchev–Trinajstić information content (AvgIpc) is 3.09. The van der Waals surface area contributed by atoms with Gasteiger partial charge in [-0.2, -0.15) is 0 Å². The van der Waals surface area contributed by atoms with Crippen LogP contribution in [-0.2, 0) is 0 Å². The molecule has 134 valence electrons. The van der Waals surface area contributed by atoms with Crippen molar-refractivity contribution in [3.8, 4) is 0 Å². The molecule has 2 aromatic heterocycles. The normalized spacial score (nSPS) is 16.8. The topological polar surface area (TPSA) is 73.9 Å². The lowest BCUT2D eigenvalue weighted by molar-refractivity contribution is 0.0935. The number of amides is 1. The van der Waals surface area contributed by atoms with Crippen molar-refractivity contribution in [2.45, 2.75) is 52.0 Å². The molecule has 0 spiro atoms. The zero-order valence-corrected chi connectivity index (χ0v) is 15.1. The number of aromatic nitrogens is 3. The van der Waals surface area contributed by atoms with Crippen molar-refractivity contribution in [2.24, 2.45) is 0 Å². The van der Waals surface area contributed by atoms with Gasteiger partial charge in [0.25, 0.3) is 5.91 Å². The Morgan fingerprint density at radius 2 is 1.96 bits per heavy atom. The number of H-pyrrole nitrogens is 1. The average molecular weight is 341 g/mol. The second-order valence-corrected chi connectivity index (χ2v) is 6.74. The van der Waals surface area contributed by atoms with Gasteiger partial charge in [0.15, 0.2) is 0 Å². The van der Waals surface area contributed by atoms with Crippen molar-refractivity contribution in [1.29, 1.82) is 0 Å². The molecule has 1 aliphatic rings. The van der Waals surface area contributed by atoms with Crippen LogP contribution in [0.15, 0.2) is 24.5 Å². The van der Waals surface area contributed by atoms with Crippen LogP contribution in [0.4, 0.5) is 5.95 Å². The van der Waals surface area contributed by atoms with Crippen LogP contribution in [-0.4, -0.2) is 33.9 Å². The minimum Gasteiger partial charge on any atom is -0.357 e. The number of aryl methyl sites for hydroxylation is 1. The molecule has 2 N–H and O–H groups in total. The van der Waals surface area contributed by atoms with Crippen LogP contribution < -0.4 is 10.2 Å². The SMILES string of the molecule is Cc1nc(N2CCCCCCC2)ncc1[C@@H](C)NC(=O)c1ccc[nH]1. The Morgan fingerprint density at radius 1 is 1.24 bits per heavy atom. The monoisotopic (exact) mass is 341 g/mol. The smallest absolute Gasteiger partial charge is 0.268 e. The van der Waals surface area contributed by atoms with Gasteiger partial charge in [-0.3, -0.25) is 4.79 Å². The highest BCUT2D eigenvalue weighted by Crippen LogP contribution is 2.20. The van der Waals surface area contributed by atoms with Gasteiger partial charge in [0.05, 0.1) is 6.04 Å². The summed E-state index contributed by atoms with van der Waals surface area (Å²) in [7, 11) is 0. The quantitative estimate of drug-likeness (QED) is 0.894. The molecule has 3 rings (SSSR count). The highest BCUT2D eigenvalue weighted by Gasteiger charge is 2.17. The Labute approximate surface area is 149 Å². The molecule has 0 unspecified atom stereocenters. The lowest BCUT2D eigenvalue weighted by Crippen LogP contribution is -2.30. The Balaban J connectivity index is 1.69. The summed E-state index contributed by atoms with van der Waals surface area (Å²) in [6.45, 7) is 6.00. The summed E-state index contributed by atoms with van der Waals surface area (Å²) >= 11 is 0. The molecular weight excluding hydrogens is 314 g/mol. The Kier molecular flexibility index (Phi) is 5.68. The second-order valence-electron chi connectivity index (χ2n) is 6.74. The van der Waals surface area contributed by atoms with E-state index in [-0.39, 0.29) is 11.9 Å². The van der Waals surface area contributed by atoms with Crippen LogP contribution >= 0.6 is 0 Å². The molecule has 0 radical (unpaired) electrons. The fraction of sp³-hybridized carbons (Fsp3) is 0.526. The van der Waals surface area contributed by atoms with E-state index < -0.39 is 0 Å². The predicted octanol–water partition coefficient (Wildman–Crippen LogP) is 3.37. The molecule has 0 bridgehead atoms. The summed E-state index contributed by atoms with van der Waals surface area (Å²) in [4.78, 5) is 26.7. The maximum absolute atomic E-state index is 12.2. The zero-order valence-electron chi connectivity index (χ0n) is 15.1. The van der Waals surface area contributed by atoms with Crippen molar-refractivity contribution in [3.63, 3.8) is 0 Å². The van der Waals surface area contributed by atoms with Gasteiger partial charge >= 0.3 is 0 Å². The number of carbonyl (C=O) groups is 1. The van der Waals surface area contributed by atoms with Crippen molar-refractivity contribution >= 4 is 11.9 Å². The van der Waals surface area contributed by atoms with Crippen LogP contribution in [0, 0.1) is 6.92 Å². The fourth-order valence-electron chi connectivity index (χ4n) is 3.31. The first-order chi connectivity index (χ1) is 12.1. The van der Waals surface area contributed by atoms with E-state index in [4.69, 9.17) is 4.98 Å². The third-order valence-electron chi connectivity index (χ3n) is 4.80. The van der Waals surface area contributed by atoms with Crippen LogP contribution in [0.3, 0.4) is 0 Å². The zero-order chi connectivity index (χ0) is 17.6. The molecule has 0 aliphatic carbocycles. The van der Waals surface area contributed by atoms with E-state index in [0.717, 1.165) is 30.3 Å². The van der Waals surface area contributed by atoms with E-state index in [1.54, 1.807) is 12.3 Å². The Hall–Kier alpha value is -2.37. The minimum atomic E-state index is -0.141. The van der Waals surface area contributed by atoms with E-state index >= 15 is 0 Å². The van der Waals surface area contributed by atoms with Crippen molar-refractivity contribution in [2.75, 3.05) is 18.0 Å². The predicted molar refractivity (Wildman–Crippen MR) is 98.7 cm³/mol. The number of nitrogens with one attached hydrogen (secondary N) is 2. The van der Waals surface area contributed by atoms with Gasteiger partial charge in [0.1, 0.15) is 5.69 Å². The molecule has 0 saturated carbocycles. The molecule has 1 atom stereocenters. The molecule has 1 amide bonds. The maximum atomic E-state index is 12.2. The number of anilines is 1. The van der Waals surface area contributed by atoms with E-state index in [2.05, 4.69) is 20.2 Å². The Morgan fingerprint density at radius 3 is 2.60 bits per heavy atom. The van der Waals surface area contributed by atoms with Crippen molar-refractivity contribution < 1.29 is 4.79 Å². The molecule has 6 heteroatoms. The fourth-order valence-corrected chi connectivity index (χ4v) is 3.31. The summed E-state index contributed by atoms with van der Waals surface area (Å²) in [6.07, 6.45) is 9.91. The van der Waals surface area contributed by atoms with Crippen LogP contribution in [0.2, 0.25) is 0 Å². The number of hydrogen-bond donors (Lipinski definition) is 2. The van der Waals surface area contributed by atoms with Gasteiger partial charge < -0.3 is 15.2 Å². The first-order valence-corrected chi connectivity index (χ1v) is 9.18. The van der Waals surface area contributed by atoms with Gasteiger partial charge in [-0.25, -0.2) is 9.97 Å². The maximum Gasteiger partial charge on any atom is 0.268 e. The summed E-state index contributed by atoms with van der Waals surface area (Å²) < 4.78 is 0. The molecule has 25 heavy (non-hydrogen) atoms. The number of nitrogens with zero attached hydrogens (tertiary/aromatic N) is 3. The van der Waals surface area contributed by atoms with Gasteiger partial charge in [-0.15, -0.1) is 0 Å².